The molecule has 0 saturated carbocycles. The summed E-state index contributed by atoms with van der Waals surface area (Å²) in [6, 6.07) is 4.42. The summed E-state index contributed by atoms with van der Waals surface area (Å²) in [7, 11) is -4.61. The Bertz CT molecular complexity index is 509. The highest BCUT2D eigenvalue weighted by molar-refractivity contribution is 7.91. The predicted molar refractivity (Wildman–Crippen MR) is 54.3 cm³/mol. The molecular formula is C10H9F3NO2S. The summed E-state index contributed by atoms with van der Waals surface area (Å²) in [5.74, 6) is -3.47. The summed E-state index contributed by atoms with van der Waals surface area (Å²) in [6.45, 7) is 0.0435. The SMILES string of the molecule is O=S(=O)(c1ccc(C2(F)C[N]C2)cc1)C(F)F. The van der Waals surface area contributed by atoms with Gasteiger partial charge in [-0.25, -0.2) is 18.1 Å². The zero-order valence-electron chi connectivity index (χ0n) is 8.61. The molecule has 0 unspecified atom stereocenters. The van der Waals surface area contributed by atoms with Gasteiger partial charge in [0, 0.05) is 0 Å². The van der Waals surface area contributed by atoms with Crippen LogP contribution in [-0.4, -0.2) is 27.3 Å². The van der Waals surface area contributed by atoms with Crippen LogP contribution >= 0.6 is 0 Å². The number of hydrogen-bond donors (Lipinski definition) is 0. The first kappa shape index (κ1) is 12.4. The van der Waals surface area contributed by atoms with Crippen LogP contribution < -0.4 is 5.32 Å². The fourth-order valence-electron chi connectivity index (χ4n) is 1.54. The molecule has 0 N–H and O–H groups in total. The van der Waals surface area contributed by atoms with Crippen molar-refractivity contribution in [3.63, 3.8) is 0 Å². The largest absolute Gasteiger partial charge is 0.341 e. The van der Waals surface area contributed by atoms with Gasteiger partial charge in [-0.05, 0) is 17.7 Å². The Morgan fingerprint density at radius 3 is 2.06 bits per heavy atom. The van der Waals surface area contributed by atoms with Gasteiger partial charge < -0.3 is 0 Å². The molecule has 1 radical (unpaired) electrons. The number of hydrogen-bond acceptors (Lipinski definition) is 2. The van der Waals surface area contributed by atoms with E-state index in [2.05, 4.69) is 5.32 Å². The van der Waals surface area contributed by atoms with E-state index in [0.29, 0.717) is 0 Å². The lowest BCUT2D eigenvalue weighted by molar-refractivity contribution is 0.0850. The summed E-state index contributed by atoms with van der Waals surface area (Å²) >= 11 is 0. The molecule has 1 aromatic rings. The van der Waals surface area contributed by atoms with Crippen molar-refractivity contribution < 1.29 is 21.6 Å². The summed E-state index contributed by atoms with van der Waals surface area (Å²) in [4.78, 5) is -0.504. The Hall–Kier alpha value is -1.08. The maximum Gasteiger partial charge on any atom is 0.341 e. The smallest absolute Gasteiger partial charge is 0.236 e. The van der Waals surface area contributed by atoms with Gasteiger partial charge in [0.2, 0.25) is 9.84 Å². The minimum atomic E-state index is -4.61. The van der Waals surface area contributed by atoms with Crippen LogP contribution in [0.1, 0.15) is 5.56 Å². The second-order valence-corrected chi connectivity index (χ2v) is 5.75. The number of benzene rings is 1. The molecule has 0 amide bonds. The Morgan fingerprint density at radius 2 is 1.71 bits per heavy atom. The fourth-order valence-corrected chi connectivity index (χ4v) is 2.26. The van der Waals surface area contributed by atoms with Gasteiger partial charge in [0.25, 0.3) is 0 Å². The third kappa shape index (κ3) is 2.04. The molecule has 2 rings (SSSR count). The quantitative estimate of drug-likeness (QED) is 0.830. The Morgan fingerprint density at radius 1 is 1.18 bits per heavy atom. The second-order valence-electron chi connectivity index (χ2n) is 3.84. The minimum absolute atomic E-state index is 0.0218. The van der Waals surface area contributed by atoms with Crippen LogP contribution in [0.4, 0.5) is 13.2 Å². The van der Waals surface area contributed by atoms with Crippen molar-refractivity contribution in [2.45, 2.75) is 16.3 Å². The van der Waals surface area contributed by atoms with Gasteiger partial charge in [0.1, 0.15) is 0 Å². The minimum Gasteiger partial charge on any atom is -0.236 e. The first-order valence-corrected chi connectivity index (χ1v) is 6.36. The van der Waals surface area contributed by atoms with Crippen molar-refractivity contribution in [1.82, 2.24) is 5.32 Å². The summed E-state index contributed by atoms with van der Waals surface area (Å²) in [6.07, 6.45) is 0. The molecule has 1 saturated heterocycles. The van der Waals surface area contributed by atoms with Crippen LogP contribution in [0, 0.1) is 0 Å². The van der Waals surface area contributed by atoms with E-state index >= 15 is 0 Å². The Kier molecular flexibility index (Phi) is 2.90. The average molecular weight is 264 g/mol. The van der Waals surface area contributed by atoms with Crippen molar-refractivity contribution in [2.75, 3.05) is 13.1 Å². The van der Waals surface area contributed by atoms with Crippen molar-refractivity contribution >= 4 is 9.84 Å². The van der Waals surface area contributed by atoms with E-state index in [-0.39, 0.29) is 18.7 Å². The molecule has 7 heteroatoms. The fraction of sp³-hybridized carbons (Fsp3) is 0.400. The van der Waals surface area contributed by atoms with Gasteiger partial charge in [-0.3, -0.25) is 0 Å². The van der Waals surface area contributed by atoms with Crippen LogP contribution in [0.3, 0.4) is 0 Å². The number of sulfone groups is 1. The van der Waals surface area contributed by atoms with Gasteiger partial charge in [-0.15, -0.1) is 0 Å². The molecule has 0 spiro atoms. The summed E-state index contributed by atoms with van der Waals surface area (Å²) in [5.41, 5.74) is -1.31. The molecule has 0 aliphatic carbocycles. The zero-order valence-corrected chi connectivity index (χ0v) is 9.42. The van der Waals surface area contributed by atoms with Crippen LogP contribution in [0.25, 0.3) is 0 Å². The normalized spacial score (nSPS) is 19.1. The van der Waals surface area contributed by atoms with Crippen molar-refractivity contribution in [3.8, 4) is 0 Å². The lowest BCUT2D eigenvalue weighted by Gasteiger charge is -2.33. The molecule has 3 nitrogen and oxygen atoms in total. The van der Waals surface area contributed by atoms with Crippen LogP contribution in [0.5, 0.6) is 0 Å². The van der Waals surface area contributed by atoms with Crippen LogP contribution in [-0.2, 0) is 15.5 Å². The number of halogens is 3. The molecular weight excluding hydrogens is 255 g/mol. The van der Waals surface area contributed by atoms with Gasteiger partial charge in [0.05, 0.1) is 18.0 Å². The number of nitrogens with zero attached hydrogens (tertiary/aromatic N) is 1. The van der Waals surface area contributed by atoms with E-state index < -0.39 is 26.2 Å². The molecule has 1 aliphatic rings. The van der Waals surface area contributed by atoms with E-state index in [1.54, 1.807) is 0 Å². The van der Waals surface area contributed by atoms with Gasteiger partial charge in [-0.1, -0.05) is 12.1 Å². The highest BCUT2D eigenvalue weighted by Crippen LogP contribution is 2.32. The van der Waals surface area contributed by atoms with E-state index in [4.69, 9.17) is 0 Å². The molecule has 1 heterocycles. The Labute approximate surface area is 96.6 Å². The van der Waals surface area contributed by atoms with Crippen molar-refractivity contribution in [1.29, 1.82) is 0 Å². The number of rotatable bonds is 3. The predicted octanol–water partition coefficient (Wildman–Crippen LogP) is 1.47. The third-order valence-corrected chi connectivity index (χ3v) is 4.06. The standard InChI is InChI=1S/C10H9F3NO2S/c11-9(12)17(15,16)8-3-1-7(2-4-8)10(13)5-14-6-10/h1-4,9H,5-6H2. The molecule has 1 aliphatic heterocycles. The highest BCUT2D eigenvalue weighted by atomic mass is 32.2. The molecule has 17 heavy (non-hydrogen) atoms. The second kappa shape index (κ2) is 3.99. The van der Waals surface area contributed by atoms with Crippen LogP contribution in [0.15, 0.2) is 29.2 Å². The lowest BCUT2D eigenvalue weighted by atomic mass is 9.90. The highest BCUT2D eigenvalue weighted by Gasteiger charge is 2.40. The third-order valence-electron chi connectivity index (χ3n) is 2.66. The van der Waals surface area contributed by atoms with Crippen LogP contribution in [0.2, 0.25) is 0 Å². The molecule has 93 valence electrons. The topological polar surface area (TPSA) is 48.2 Å². The average Bonchev–Trinajstić information content (AvgIpc) is 2.26. The van der Waals surface area contributed by atoms with Gasteiger partial charge in [0.15, 0.2) is 5.67 Å². The monoisotopic (exact) mass is 264 g/mol. The van der Waals surface area contributed by atoms with E-state index in [0.717, 1.165) is 12.1 Å². The number of alkyl halides is 3. The zero-order chi connectivity index (χ0) is 12.7. The molecule has 0 aromatic heterocycles. The van der Waals surface area contributed by atoms with Gasteiger partial charge in [-0.2, -0.15) is 8.78 Å². The maximum absolute atomic E-state index is 13.8. The lowest BCUT2D eigenvalue weighted by Crippen LogP contribution is -2.48. The van der Waals surface area contributed by atoms with E-state index in [9.17, 15) is 21.6 Å². The van der Waals surface area contributed by atoms with Crippen molar-refractivity contribution in [3.05, 3.63) is 29.8 Å². The first-order chi connectivity index (χ1) is 7.86. The molecule has 0 atom stereocenters. The van der Waals surface area contributed by atoms with E-state index in [1.807, 2.05) is 0 Å². The maximum atomic E-state index is 13.8. The summed E-state index contributed by atoms with van der Waals surface area (Å²) in [5, 5.41) is 3.73. The van der Waals surface area contributed by atoms with Gasteiger partial charge >= 0.3 is 5.76 Å². The molecule has 1 fully saturated rings. The molecule has 1 aromatic carbocycles. The summed E-state index contributed by atoms with van der Waals surface area (Å²) < 4.78 is 60.5. The van der Waals surface area contributed by atoms with Crippen molar-refractivity contribution in [2.24, 2.45) is 0 Å². The first-order valence-electron chi connectivity index (χ1n) is 4.81. The molecule has 0 bridgehead atoms. The Balaban J connectivity index is 2.31. The van der Waals surface area contributed by atoms with E-state index in [1.165, 1.54) is 12.1 Å².